The first-order valence-corrected chi connectivity index (χ1v) is 9.19. The second kappa shape index (κ2) is 8.74. The van der Waals surface area contributed by atoms with Gasteiger partial charge in [0.2, 0.25) is 0 Å². The van der Waals surface area contributed by atoms with Crippen molar-refractivity contribution in [2.75, 3.05) is 17.7 Å². The van der Waals surface area contributed by atoms with E-state index < -0.39 is 17.5 Å². The monoisotopic (exact) mass is 390 g/mol. The van der Waals surface area contributed by atoms with Gasteiger partial charge in [-0.25, -0.2) is 18.4 Å². The highest BCUT2D eigenvalue weighted by atomic mass is 32.2. The number of anilines is 1. The highest BCUT2D eigenvalue weighted by molar-refractivity contribution is 7.98. The molecule has 0 saturated heterocycles. The Morgan fingerprint density at radius 2 is 2.00 bits per heavy atom. The number of thioether (sulfide) groups is 1. The summed E-state index contributed by atoms with van der Waals surface area (Å²) >= 11 is 1.56. The Labute approximate surface area is 158 Å². The molecule has 2 aromatic heterocycles. The van der Waals surface area contributed by atoms with E-state index in [1.807, 2.05) is 6.07 Å². The van der Waals surface area contributed by atoms with Crippen LogP contribution in [0.2, 0.25) is 0 Å². The first-order chi connectivity index (χ1) is 13.1. The SMILES string of the molecule is O=C(Nc1cc(CSCCO)ccn1)c1ccn(-c2c(F)cccc2F)n1. The summed E-state index contributed by atoms with van der Waals surface area (Å²) in [5.74, 6) is -0.465. The van der Waals surface area contributed by atoms with Gasteiger partial charge in [0.1, 0.15) is 11.5 Å². The van der Waals surface area contributed by atoms with Crippen LogP contribution in [0.4, 0.5) is 14.6 Å². The number of halogens is 2. The van der Waals surface area contributed by atoms with Crippen molar-refractivity contribution >= 4 is 23.5 Å². The predicted molar refractivity (Wildman–Crippen MR) is 98.9 cm³/mol. The van der Waals surface area contributed by atoms with Crippen LogP contribution in [0.15, 0.2) is 48.8 Å². The fourth-order valence-electron chi connectivity index (χ4n) is 2.34. The molecule has 140 valence electrons. The van der Waals surface area contributed by atoms with Gasteiger partial charge < -0.3 is 10.4 Å². The quantitative estimate of drug-likeness (QED) is 0.606. The van der Waals surface area contributed by atoms with E-state index in [4.69, 9.17) is 5.11 Å². The third-order valence-corrected chi connectivity index (χ3v) is 4.57. The lowest BCUT2D eigenvalue weighted by Crippen LogP contribution is -2.14. The first kappa shape index (κ1) is 19.0. The van der Waals surface area contributed by atoms with Crippen LogP contribution >= 0.6 is 11.8 Å². The van der Waals surface area contributed by atoms with Crippen molar-refractivity contribution in [3.8, 4) is 5.69 Å². The fourth-order valence-corrected chi connectivity index (χ4v) is 3.03. The summed E-state index contributed by atoms with van der Waals surface area (Å²) in [6, 6.07) is 8.38. The van der Waals surface area contributed by atoms with Gasteiger partial charge in [-0.2, -0.15) is 16.9 Å². The summed E-state index contributed by atoms with van der Waals surface area (Å²) in [5.41, 5.74) is 0.592. The Morgan fingerprint density at radius 3 is 2.74 bits per heavy atom. The molecule has 0 saturated carbocycles. The summed E-state index contributed by atoms with van der Waals surface area (Å²) in [4.78, 5) is 16.4. The molecular formula is C18H16F2N4O2S. The molecule has 0 unspecified atom stereocenters. The number of nitrogens with one attached hydrogen (secondary N) is 1. The second-order valence-electron chi connectivity index (χ2n) is 5.50. The number of aromatic nitrogens is 3. The van der Waals surface area contributed by atoms with Gasteiger partial charge in [0, 0.05) is 23.9 Å². The standard InChI is InChI=1S/C18H16F2N4O2S/c19-13-2-1-3-14(20)17(13)24-7-5-15(23-24)18(26)22-16-10-12(4-6-21-16)11-27-9-8-25/h1-7,10,25H,8-9,11H2,(H,21,22,26). The number of para-hydroxylation sites is 1. The number of aliphatic hydroxyl groups is 1. The summed E-state index contributed by atoms with van der Waals surface area (Å²) in [5, 5.41) is 15.4. The van der Waals surface area contributed by atoms with Gasteiger partial charge in [0.05, 0.1) is 6.61 Å². The Balaban J connectivity index is 1.72. The summed E-state index contributed by atoms with van der Waals surface area (Å²) in [6.45, 7) is 0.102. The maximum absolute atomic E-state index is 13.8. The van der Waals surface area contributed by atoms with Gasteiger partial charge in [-0.3, -0.25) is 4.79 Å². The fraction of sp³-hybridized carbons (Fsp3) is 0.167. The minimum absolute atomic E-state index is 0.000452. The molecular weight excluding hydrogens is 374 g/mol. The number of pyridine rings is 1. The van der Waals surface area contributed by atoms with Crippen molar-refractivity contribution in [1.82, 2.24) is 14.8 Å². The number of hydrogen-bond acceptors (Lipinski definition) is 5. The van der Waals surface area contributed by atoms with Crippen molar-refractivity contribution in [3.63, 3.8) is 0 Å². The van der Waals surface area contributed by atoms with E-state index in [2.05, 4.69) is 15.4 Å². The molecule has 1 aromatic carbocycles. The van der Waals surface area contributed by atoms with Gasteiger partial charge >= 0.3 is 0 Å². The second-order valence-corrected chi connectivity index (χ2v) is 6.60. The molecule has 0 atom stereocenters. The van der Waals surface area contributed by atoms with E-state index >= 15 is 0 Å². The number of amides is 1. The zero-order chi connectivity index (χ0) is 19.2. The normalized spacial score (nSPS) is 10.8. The van der Waals surface area contributed by atoms with Crippen LogP contribution in [0.1, 0.15) is 16.1 Å². The molecule has 0 fully saturated rings. The highest BCUT2D eigenvalue weighted by Crippen LogP contribution is 2.18. The van der Waals surface area contributed by atoms with E-state index in [1.165, 1.54) is 18.3 Å². The largest absolute Gasteiger partial charge is 0.396 e. The topological polar surface area (TPSA) is 80.0 Å². The molecule has 0 aliphatic carbocycles. The number of rotatable bonds is 7. The van der Waals surface area contributed by atoms with Crippen LogP contribution in [0.25, 0.3) is 5.69 Å². The molecule has 2 N–H and O–H groups in total. The average Bonchev–Trinajstić information content (AvgIpc) is 3.12. The van der Waals surface area contributed by atoms with Crippen LogP contribution in [-0.2, 0) is 5.75 Å². The molecule has 0 aliphatic heterocycles. The summed E-state index contributed by atoms with van der Waals surface area (Å²) < 4.78 is 28.7. The lowest BCUT2D eigenvalue weighted by molar-refractivity contribution is 0.102. The van der Waals surface area contributed by atoms with Crippen molar-refractivity contribution in [1.29, 1.82) is 0 Å². The van der Waals surface area contributed by atoms with Crippen molar-refractivity contribution < 1.29 is 18.7 Å². The predicted octanol–water partition coefficient (Wildman–Crippen LogP) is 3.02. The molecule has 3 rings (SSSR count). The van der Waals surface area contributed by atoms with E-state index in [1.54, 1.807) is 24.0 Å². The Morgan fingerprint density at radius 1 is 1.22 bits per heavy atom. The van der Waals surface area contributed by atoms with Crippen LogP contribution in [0, 0.1) is 11.6 Å². The van der Waals surface area contributed by atoms with E-state index in [-0.39, 0.29) is 18.0 Å². The zero-order valence-corrected chi connectivity index (χ0v) is 14.9. The molecule has 3 aromatic rings. The number of nitrogens with zero attached hydrogens (tertiary/aromatic N) is 3. The Hall–Kier alpha value is -2.78. The van der Waals surface area contributed by atoms with Gasteiger partial charge in [-0.05, 0) is 35.9 Å². The lowest BCUT2D eigenvalue weighted by atomic mass is 10.3. The Kier molecular flexibility index (Phi) is 6.15. The maximum atomic E-state index is 13.8. The molecule has 0 spiro atoms. The third-order valence-electron chi connectivity index (χ3n) is 3.56. The van der Waals surface area contributed by atoms with Crippen LogP contribution in [0.5, 0.6) is 0 Å². The number of carbonyl (C=O) groups is 1. The molecule has 0 radical (unpaired) electrons. The molecule has 1 amide bonds. The molecule has 0 bridgehead atoms. The first-order valence-electron chi connectivity index (χ1n) is 8.03. The van der Waals surface area contributed by atoms with Gasteiger partial charge in [0.15, 0.2) is 17.3 Å². The third kappa shape index (κ3) is 4.69. The van der Waals surface area contributed by atoms with E-state index in [0.29, 0.717) is 17.3 Å². The minimum atomic E-state index is -0.778. The van der Waals surface area contributed by atoms with E-state index in [0.717, 1.165) is 22.4 Å². The van der Waals surface area contributed by atoms with Gasteiger partial charge in [-0.1, -0.05) is 6.07 Å². The number of carbonyl (C=O) groups excluding carboxylic acids is 1. The van der Waals surface area contributed by atoms with Crippen LogP contribution in [-0.4, -0.2) is 38.1 Å². The van der Waals surface area contributed by atoms with Crippen molar-refractivity contribution in [2.45, 2.75) is 5.75 Å². The molecule has 0 aliphatic rings. The molecule has 9 heteroatoms. The zero-order valence-electron chi connectivity index (χ0n) is 14.1. The van der Waals surface area contributed by atoms with E-state index in [9.17, 15) is 13.6 Å². The summed E-state index contributed by atoms with van der Waals surface area (Å²) in [6.07, 6.45) is 2.88. The number of benzene rings is 1. The van der Waals surface area contributed by atoms with Crippen molar-refractivity contribution in [3.05, 3.63) is 71.7 Å². The molecule has 6 nitrogen and oxygen atoms in total. The number of aliphatic hydroxyl groups excluding tert-OH is 1. The van der Waals surface area contributed by atoms with Crippen molar-refractivity contribution in [2.24, 2.45) is 0 Å². The Bertz CT molecular complexity index is 928. The smallest absolute Gasteiger partial charge is 0.277 e. The van der Waals surface area contributed by atoms with Crippen LogP contribution in [0.3, 0.4) is 0 Å². The molecule has 2 heterocycles. The van der Waals surface area contributed by atoms with Crippen LogP contribution < -0.4 is 5.32 Å². The van der Waals surface area contributed by atoms with Gasteiger partial charge in [-0.15, -0.1) is 0 Å². The number of hydrogen-bond donors (Lipinski definition) is 2. The molecule has 27 heavy (non-hydrogen) atoms. The summed E-state index contributed by atoms with van der Waals surface area (Å²) in [7, 11) is 0. The average molecular weight is 390 g/mol. The maximum Gasteiger partial charge on any atom is 0.277 e. The van der Waals surface area contributed by atoms with Gasteiger partial charge in [0.25, 0.3) is 5.91 Å². The lowest BCUT2D eigenvalue weighted by Gasteiger charge is -2.06. The highest BCUT2D eigenvalue weighted by Gasteiger charge is 2.15. The minimum Gasteiger partial charge on any atom is -0.396 e.